The molecule has 1 N–H and O–H groups in total. The average Bonchev–Trinajstić information content (AvgIpc) is 2.98. The molecule has 0 unspecified atom stereocenters. The van der Waals surface area contributed by atoms with E-state index in [2.05, 4.69) is 30.2 Å². The minimum Gasteiger partial charge on any atom is -0.449 e. The lowest BCUT2D eigenvalue weighted by Gasteiger charge is -2.29. The molecule has 0 radical (unpaired) electrons. The van der Waals surface area contributed by atoms with Crippen LogP contribution in [0.1, 0.15) is 31.6 Å². The fourth-order valence-electron chi connectivity index (χ4n) is 2.32. The molecule has 1 aliphatic rings. The number of hydrogen-bond acceptors (Lipinski definition) is 5. The van der Waals surface area contributed by atoms with Gasteiger partial charge in [-0.15, -0.1) is 23.1 Å². The summed E-state index contributed by atoms with van der Waals surface area (Å²) in [4.78, 5) is 14.4. The van der Waals surface area contributed by atoms with Gasteiger partial charge in [0.05, 0.1) is 6.54 Å². The molecular formula is C17H23NO3S2. The first kappa shape index (κ1) is 17.9. The number of ether oxygens (including phenoxy) is 1. The van der Waals surface area contributed by atoms with Gasteiger partial charge in [-0.25, -0.2) is 4.79 Å². The van der Waals surface area contributed by atoms with Crippen molar-refractivity contribution in [3.63, 3.8) is 0 Å². The van der Waals surface area contributed by atoms with Crippen LogP contribution in [0.4, 0.5) is 4.79 Å². The summed E-state index contributed by atoms with van der Waals surface area (Å²) in [6, 6.07) is 4.13. The Hall–Kier alpha value is -1.40. The van der Waals surface area contributed by atoms with Crippen LogP contribution in [0.5, 0.6) is 0 Å². The first-order chi connectivity index (χ1) is 11.1. The third-order valence-corrected chi connectivity index (χ3v) is 5.47. The Balaban J connectivity index is 2.07. The molecule has 2 heterocycles. The van der Waals surface area contributed by atoms with Crippen LogP contribution in [0.15, 0.2) is 40.5 Å². The fourth-order valence-corrected chi connectivity index (χ4v) is 4.12. The number of nitrogens with zero attached hydrogens (tertiary/aromatic N) is 1. The Morgan fingerprint density at radius 3 is 3.00 bits per heavy atom. The lowest BCUT2D eigenvalue weighted by Crippen LogP contribution is -2.25. The van der Waals surface area contributed by atoms with Gasteiger partial charge in [0.15, 0.2) is 5.76 Å². The van der Waals surface area contributed by atoms with E-state index in [9.17, 15) is 4.79 Å². The van der Waals surface area contributed by atoms with Gasteiger partial charge in [0, 0.05) is 11.4 Å². The molecular weight excluding hydrogens is 330 g/mol. The molecule has 1 aliphatic heterocycles. The molecule has 1 aromatic heterocycles. The maximum absolute atomic E-state index is 10.9. The Morgan fingerprint density at radius 1 is 1.52 bits per heavy atom. The monoisotopic (exact) mass is 353 g/mol. The average molecular weight is 354 g/mol. The summed E-state index contributed by atoms with van der Waals surface area (Å²) in [7, 11) is 0. The van der Waals surface area contributed by atoms with E-state index in [0.29, 0.717) is 11.7 Å². The summed E-state index contributed by atoms with van der Waals surface area (Å²) in [5.41, 5.74) is 0. The molecule has 0 saturated carbocycles. The molecule has 0 atom stereocenters. The first-order valence-electron chi connectivity index (χ1n) is 7.78. The van der Waals surface area contributed by atoms with Gasteiger partial charge in [0.1, 0.15) is 5.03 Å². The van der Waals surface area contributed by atoms with Crippen LogP contribution in [0, 0.1) is 5.92 Å². The van der Waals surface area contributed by atoms with Crippen LogP contribution in [-0.4, -0.2) is 28.5 Å². The fraction of sp³-hybridized carbons (Fsp3) is 0.471. The highest BCUT2D eigenvalue weighted by molar-refractivity contribution is 8.03. The van der Waals surface area contributed by atoms with Gasteiger partial charge in [0.2, 0.25) is 0 Å². The minimum atomic E-state index is -1.26. The maximum atomic E-state index is 10.9. The summed E-state index contributed by atoms with van der Waals surface area (Å²) in [5, 5.41) is 11.9. The molecule has 0 amide bonds. The van der Waals surface area contributed by atoms with Crippen LogP contribution < -0.4 is 0 Å². The Bertz CT molecular complexity index is 564. The zero-order chi connectivity index (χ0) is 16.7. The van der Waals surface area contributed by atoms with Crippen molar-refractivity contribution in [2.45, 2.75) is 33.2 Å². The predicted octanol–water partition coefficient (Wildman–Crippen LogP) is 5.15. The summed E-state index contributed by atoms with van der Waals surface area (Å²) < 4.78 is 4.98. The summed E-state index contributed by atoms with van der Waals surface area (Å²) in [5.74, 6) is 2.09. The van der Waals surface area contributed by atoms with Crippen molar-refractivity contribution in [2.24, 2.45) is 5.92 Å². The second kappa shape index (κ2) is 9.03. The van der Waals surface area contributed by atoms with Crippen LogP contribution in [0.25, 0.3) is 0 Å². The van der Waals surface area contributed by atoms with Crippen molar-refractivity contribution in [3.8, 4) is 0 Å². The van der Waals surface area contributed by atoms with Gasteiger partial charge in [-0.05, 0) is 35.6 Å². The van der Waals surface area contributed by atoms with E-state index < -0.39 is 6.16 Å². The highest BCUT2D eigenvalue weighted by atomic mass is 32.2. The van der Waals surface area contributed by atoms with Crippen molar-refractivity contribution in [2.75, 3.05) is 12.3 Å². The molecule has 0 aliphatic carbocycles. The molecule has 2 rings (SSSR count). The highest BCUT2D eigenvalue weighted by Crippen LogP contribution is 2.31. The molecule has 1 aromatic rings. The third-order valence-electron chi connectivity index (χ3n) is 3.38. The van der Waals surface area contributed by atoms with Gasteiger partial charge >= 0.3 is 6.16 Å². The van der Waals surface area contributed by atoms with Gasteiger partial charge in [-0.1, -0.05) is 32.4 Å². The lowest BCUT2D eigenvalue weighted by molar-refractivity contribution is 0.119. The molecule has 126 valence electrons. The van der Waals surface area contributed by atoms with E-state index in [0.717, 1.165) is 30.3 Å². The SMILES string of the molecule is CC(C)CCCSC1=C(OC(=O)O)C=CCN1Cc1cccs1. The molecule has 0 saturated heterocycles. The highest BCUT2D eigenvalue weighted by Gasteiger charge is 2.21. The number of thiophene rings is 1. The summed E-state index contributed by atoms with van der Waals surface area (Å²) in [6.45, 7) is 5.99. The van der Waals surface area contributed by atoms with Crippen molar-refractivity contribution < 1.29 is 14.6 Å². The van der Waals surface area contributed by atoms with Crippen molar-refractivity contribution >= 4 is 29.3 Å². The van der Waals surface area contributed by atoms with Crippen molar-refractivity contribution in [1.29, 1.82) is 0 Å². The number of thioether (sulfide) groups is 1. The number of carbonyl (C=O) groups is 1. The van der Waals surface area contributed by atoms with Crippen LogP contribution >= 0.6 is 23.1 Å². The zero-order valence-corrected chi connectivity index (χ0v) is 15.2. The largest absolute Gasteiger partial charge is 0.511 e. The quantitative estimate of drug-likeness (QED) is 0.517. The number of carboxylic acid groups (broad SMARTS) is 1. The third kappa shape index (κ3) is 5.95. The van der Waals surface area contributed by atoms with E-state index in [1.807, 2.05) is 12.1 Å². The maximum Gasteiger partial charge on any atom is 0.511 e. The molecule has 0 spiro atoms. The van der Waals surface area contributed by atoms with Gasteiger partial charge in [-0.3, -0.25) is 0 Å². The molecule has 23 heavy (non-hydrogen) atoms. The van der Waals surface area contributed by atoms with Crippen LogP contribution in [0.2, 0.25) is 0 Å². The second-order valence-electron chi connectivity index (χ2n) is 5.78. The summed E-state index contributed by atoms with van der Waals surface area (Å²) in [6.07, 6.45) is 4.75. The van der Waals surface area contributed by atoms with Crippen LogP contribution in [-0.2, 0) is 11.3 Å². The Kier molecular flexibility index (Phi) is 7.05. The van der Waals surface area contributed by atoms with Gasteiger partial charge < -0.3 is 14.7 Å². The molecule has 0 fully saturated rings. The van der Waals surface area contributed by atoms with Crippen molar-refractivity contribution in [1.82, 2.24) is 4.90 Å². The van der Waals surface area contributed by atoms with E-state index in [-0.39, 0.29) is 0 Å². The minimum absolute atomic E-state index is 0.440. The van der Waals surface area contributed by atoms with E-state index in [1.165, 1.54) is 11.3 Å². The number of rotatable bonds is 8. The van der Waals surface area contributed by atoms with E-state index in [4.69, 9.17) is 9.84 Å². The lowest BCUT2D eigenvalue weighted by atomic mass is 10.1. The molecule has 4 nitrogen and oxygen atoms in total. The first-order valence-corrected chi connectivity index (χ1v) is 9.64. The molecule has 0 bridgehead atoms. The van der Waals surface area contributed by atoms with E-state index in [1.54, 1.807) is 29.2 Å². The number of allylic oxidation sites excluding steroid dienone is 1. The van der Waals surface area contributed by atoms with E-state index >= 15 is 0 Å². The smallest absolute Gasteiger partial charge is 0.449 e. The predicted molar refractivity (Wildman–Crippen MR) is 96.5 cm³/mol. The topological polar surface area (TPSA) is 49.8 Å². The number of hydrogen-bond donors (Lipinski definition) is 1. The summed E-state index contributed by atoms with van der Waals surface area (Å²) >= 11 is 3.40. The van der Waals surface area contributed by atoms with Gasteiger partial charge in [-0.2, -0.15) is 0 Å². The second-order valence-corrected chi connectivity index (χ2v) is 7.90. The Labute approximate surface area is 145 Å². The molecule has 0 aromatic carbocycles. The van der Waals surface area contributed by atoms with Gasteiger partial charge in [0.25, 0.3) is 0 Å². The van der Waals surface area contributed by atoms with Crippen LogP contribution in [0.3, 0.4) is 0 Å². The zero-order valence-electron chi connectivity index (χ0n) is 13.5. The normalized spacial score (nSPS) is 14.7. The van der Waals surface area contributed by atoms with Crippen molar-refractivity contribution in [3.05, 3.63) is 45.3 Å². The Morgan fingerprint density at radius 2 is 2.35 bits per heavy atom. The molecule has 6 heteroatoms. The standard InChI is InChI=1S/C17H23NO3S2/c1-13(2)6-4-11-23-16-15(21-17(19)20)8-3-9-18(16)12-14-7-5-10-22-14/h3,5,7-8,10,13H,4,6,9,11-12H2,1-2H3,(H,19,20).